The minimum Gasteiger partial charge on any atom is -0.476 e. The van der Waals surface area contributed by atoms with Crippen LogP contribution in [0.3, 0.4) is 0 Å². The van der Waals surface area contributed by atoms with Crippen LogP contribution in [0.4, 0.5) is 19.3 Å². The van der Waals surface area contributed by atoms with Crippen molar-refractivity contribution in [2.45, 2.75) is 78.0 Å². The number of carbonyl (C=O) groups is 4. The lowest BCUT2D eigenvalue weighted by molar-refractivity contribution is -0.143. The first-order valence-corrected chi connectivity index (χ1v) is 12.7. The largest absolute Gasteiger partial charge is 0.476 e. The second-order valence-corrected chi connectivity index (χ2v) is 10.7. The van der Waals surface area contributed by atoms with Crippen molar-refractivity contribution < 1.29 is 37.8 Å². The average Bonchev–Trinajstić information content (AvgIpc) is 2.80. The van der Waals surface area contributed by atoms with Gasteiger partial charge < -0.3 is 29.9 Å². The molecule has 2 heterocycles. The summed E-state index contributed by atoms with van der Waals surface area (Å²) < 4.78 is 32.5. The Morgan fingerprint density at radius 1 is 1.29 bits per heavy atom. The van der Waals surface area contributed by atoms with Gasteiger partial charge in [0.15, 0.2) is 5.60 Å². The van der Waals surface area contributed by atoms with E-state index in [1.54, 1.807) is 37.8 Å². The third-order valence-corrected chi connectivity index (χ3v) is 6.82. The normalized spacial score (nSPS) is 19.1. The van der Waals surface area contributed by atoms with Crippen LogP contribution in [0.25, 0.3) is 0 Å². The molecule has 10 nitrogen and oxygen atoms in total. The third kappa shape index (κ3) is 5.99. The Balaban J connectivity index is 1.95. The fourth-order valence-electron chi connectivity index (χ4n) is 4.92. The maximum atomic E-state index is 13.9. The van der Waals surface area contributed by atoms with Gasteiger partial charge >= 0.3 is 12.0 Å². The van der Waals surface area contributed by atoms with E-state index in [1.165, 1.54) is 9.80 Å². The molecule has 0 bridgehead atoms. The van der Waals surface area contributed by atoms with E-state index in [1.807, 2.05) is 13.8 Å². The van der Waals surface area contributed by atoms with Gasteiger partial charge in [0.1, 0.15) is 5.75 Å². The Kier molecular flexibility index (Phi) is 8.23. The third-order valence-electron chi connectivity index (χ3n) is 6.82. The van der Waals surface area contributed by atoms with Crippen LogP contribution in [-0.2, 0) is 9.59 Å². The number of benzene rings is 1. The number of likely N-dealkylation sites (tertiary alicyclic amines) is 1. The first-order chi connectivity index (χ1) is 17.5. The molecule has 0 aliphatic carbocycles. The number of aryl methyl sites for hydroxylation is 1. The van der Waals surface area contributed by atoms with Crippen molar-refractivity contribution in [2.75, 3.05) is 31.1 Å². The molecular formula is C26H36F2N4O6. The van der Waals surface area contributed by atoms with Crippen LogP contribution in [0.15, 0.2) is 12.1 Å². The summed E-state index contributed by atoms with van der Waals surface area (Å²) >= 11 is 0. The van der Waals surface area contributed by atoms with E-state index in [0.717, 1.165) is 0 Å². The van der Waals surface area contributed by atoms with Gasteiger partial charge in [0.25, 0.3) is 17.7 Å². The van der Waals surface area contributed by atoms with Crippen LogP contribution in [0.1, 0.15) is 63.4 Å². The smallest absolute Gasteiger partial charge is 0.407 e. The molecule has 2 aliphatic heterocycles. The lowest BCUT2D eigenvalue weighted by atomic mass is 9.97. The van der Waals surface area contributed by atoms with Crippen LogP contribution < -0.4 is 15.0 Å². The van der Waals surface area contributed by atoms with Crippen molar-refractivity contribution in [1.29, 1.82) is 0 Å². The van der Waals surface area contributed by atoms with Crippen molar-refractivity contribution in [1.82, 2.24) is 15.1 Å². The van der Waals surface area contributed by atoms with Crippen LogP contribution in [-0.4, -0.2) is 88.5 Å². The number of rotatable bonds is 7. The number of halogens is 2. The molecular weight excluding hydrogens is 502 g/mol. The molecule has 2 N–H and O–H groups in total. The predicted molar refractivity (Wildman–Crippen MR) is 136 cm³/mol. The number of nitrogens with one attached hydrogen (secondary N) is 1. The SMILES string of the molecule is Cc1cc2c(cc1C(=O)N(C(C)C)[C@@H]1CCCN(C(=O)O)C1)N(CCNC(=O)C(C)(F)F)C(=O)C(C)(C)O2. The van der Waals surface area contributed by atoms with Crippen LogP contribution >= 0.6 is 0 Å². The Bertz CT molecular complexity index is 1120. The number of piperidine rings is 1. The highest BCUT2D eigenvalue weighted by Gasteiger charge is 2.42. The quantitative estimate of drug-likeness (QED) is 0.550. The van der Waals surface area contributed by atoms with Gasteiger partial charge in [-0.25, -0.2) is 4.79 Å². The maximum Gasteiger partial charge on any atom is 0.407 e. The van der Waals surface area contributed by atoms with E-state index in [-0.39, 0.29) is 37.6 Å². The summed E-state index contributed by atoms with van der Waals surface area (Å²) in [6.07, 6.45) is 0.254. The van der Waals surface area contributed by atoms with E-state index >= 15 is 0 Å². The number of ether oxygens (including phenoxy) is 1. The molecule has 2 aliphatic rings. The number of alkyl halides is 2. The first kappa shape index (κ1) is 29.1. The van der Waals surface area contributed by atoms with Gasteiger partial charge in [-0.05, 0) is 65.2 Å². The maximum absolute atomic E-state index is 13.9. The summed E-state index contributed by atoms with van der Waals surface area (Å²) in [7, 11) is 0. The molecule has 0 radical (unpaired) electrons. The second-order valence-electron chi connectivity index (χ2n) is 10.7. The number of hydrogen-bond acceptors (Lipinski definition) is 5. The van der Waals surface area contributed by atoms with Crippen LogP contribution in [0.2, 0.25) is 0 Å². The molecule has 1 aromatic carbocycles. The fraction of sp³-hybridized carbons (Fsp3) is 0.615. The molecule has 3 rings (SSSR count). The molecule has 12 heteroatoms. The highest BCUT2D eigenvalue weighted by Crippen LogP contribution is 2.40. The molecule has 0 unspecified atom stereocenters. The number of carboxylic acid groups (broad SMARTS) is 1. The molecule has 4 amide bonds. The average molecular weight is 539 g/mol. The highest BCUT2D eigenvalue weighted by atomic mass is 19.3. The van der Waals surface area contributed by atoms with Crippen LogP contribution in [0.5, 0.6) is 5.75 Å². The minimum absolute atomic E-state index is 0.110. The minimum atomic E-state index is -3.56. The number of carbonyl (C=O) groups excluding carboxylic acids is 3. The summed E-state index contributed by atoms with van der Waals surface area (Å²) in [5.41, 5.74) is -0.0412. The van der Waals surface area contributed by atoms with Gasteiger partial charge in [0, 0.05) is 44.7 Å². The zero-order chi connectivity index (χ0) is 28.6. The van der Waals surface area contributed by atoms with Crippen molar-refractivity contribution in [3.05, 3.63) is 23.3 Å². The molecule has 1 atom stereocenters. The highest BCUT2D eigenvalue weighted by molar-refractivity contribution is 6.05. The lowest BCUT2D eigenvalue weighted by Crippen LogP contribution is -2.55. The molecule has 0 saturated carbocycles. The van der Waals surface area contributed by atoms with Gasteiger partial charge in [-0.3, -0.25) is 14.4 Å². The summed E-state index contributed by atoms with van der Waals surface area (Å²) in [6, 6.07) is 2.66. The number of nitrogens with zero attached hydrogens (tertiary/aromatic N) is 3. The lowest BCUT2D eigenvalue weighted by Gasteiger charge is -2.41. The van der Waals surface area contributed by atoms with E-state index in [9.17, 15) is 33.1 Å². The standard InChI is InChI=1S/C26H36F2N4O6/c1-15(2)32(17-8-7-10-30(14-17)24(36)37)21(33)18-13-19-20(12-16(18)3)38-25(4,5)23(35)31(19)11-9-29-22(34)26(6,27)28/h12-13,15,17H,7-11,14H2,1-6H3,(H,29,34)(H,36,37)/t17-/m1/s1. The zero-order valence-electron chi connectivity index (χ0n) is 22.6. The monoisotopic (exact) mass is 538 g/mol. The van der Waals surface area contributed by atoms with Gasteiger partial charge in [0.05, 0.1) is 11.7 Å². The topological polar surface area (TPSA) is 119 Å². The van der Waals surface area contributed by atoms with Crippen molar-refractivity contribution in [2.24, 2.45) is 0 Å². The van der Waals surface area contributed by atoms with E-state index in [2.05, 4.69) is 5.32 Å². The van der Waals surface area contributed by atoms with E-state index in [4.69, 9.17) is 4.74 Å². The van der Waals surface area contributed by atoms with Crippen molar-refractivity contribution >= 4 is 29.5 Å². The van der Waals surface area contributed by atoms with Gasteiger partial charge in [-0.15, -0.1) is 0 Å². The molecule has 210 valence electrons. The molecule has 1 saturated heterocycles. The summed E-state index contributed by atoms with van der Waals surface area (Å²) in [6.45, 7) is 9.39. The summed E-state index contributed by atoms with van der Waals surface area (Å²) in [5, 5.41) is 11.6. The summed E-state index contributed by atoms with van der Waals surface area (Å²) in [5.74, 6) is -5.42. The predicted octanol–water partition coefficient (Wildman–Crippen LogP) is 3.26. The Morgan fingerprint density at radius 3 is 2.53 bits per heavy atom. The van der Waals surface area contributed by atoms with Gasteiger partial charge in [-0.2, -0.15) is 8.78 Å². The molecule has 0 aromatic heterocycles. The fourth-order valence-corrected chi connectivity index (χ4v) is 4.92. The van der Waals surface area contributed by atoms with Crippen molar-refractivity contribution in [3.63, 3.8) is 0 Å². The van der Waals surface area contributed by atoms with Crippen LogP contribution in [0, 0.1) is 6.92 Å². The molecule has 1 aromatic rings. The Labute approximate surface area is 220 Å². The Morgan fingerprint density at radius 2 is 1.95 bits per heavy atom. The van der Waals surface area contributed by atoms with Gasteiger partial charge in [0.2, 0.25) is 0 Å². The Hall–Kier alpha value is -3.44. The van der Waals surface area contributed by atoms with E-state index in [0.29, 0.717) is 48.9 Å². The molecule has 38 heavy (non-hydrogen) atoms. The molecule has 1 fully saturated rings. The zero-order valence-corrected chi connectivity index (χ0v) is 22.6. The first-order valence-electron chi connectivity index (χ1n) is 12.7. The number of fused-ring (bicyclic) bond motifs is 1. The summed E-state index contributed by atoms with van der Waals surface area (Å²) in [4.78, 5) is 54.6. The van der Waals surface area contributed by atoms with E-state index < -0.39 is 29.4 Å². The second kappa shape index (κ2) is 10.7. The number of amides is 4. The van der Waals surface area contributed by atoms with Crippen molar-refractivity contribution in [3.8, 4) is 5.75 Å². The number of anilines is 1. The number of hydrogen-bond donors (Lipinski definition) is 2. The van der Waals surface area contributed by atoms with Gasteiger partial charge in [-0.1, -0.05) is 0 Å². The molecule has 0 spiro atoms.